The molecule has 0 spiro atoms. The molecule has 1 fully saturated rings. The van der Waals surface area contributed by atoms with Crippen molar-refractivity contribution in [2.24, 2.45) is 0 Å². The molecule has 1 unspecified atom stereocenters. The standard InChI is InChI=1S/C23H29N2O5P/c1-29-19-11-13-21(14-12-19)31(28,30-20-9-3-2-4-10-20)25-16-18-8-6-5-7-17(18)15-22(25)23(26)24-27/h5-8,11-14,20,22,27H,2-4,9-10,15-16H2,1H3,(H,24,26)/t22-,31?/m1/s1. The highest BCUT2D eigenvalue weighted by molar-refractivity contribution is 7.64. The van der Waals surface area contributed by atoms with Crippen LogP contribution in [0.1, 0.15) is 43.2 Å². The van der Waals surface area contributed by atoms with Crippen molar-refractivity contribution < 1.29 is 23.8 Å². The molecular formula is C23H29N2O5P. The molecule has 1 saturated carbocycles. The molecule has 4 rings (SSSR count). The minimum Gasteiger partial charge on any atom is -0.497 e. The van der Waals surface area contributed by atoms with E-state index in [1.165, 1.54) is 0 Å². The molecule has 1 aliphatic carbocycles. The van der Waals surface area contributed by atoms with Crippen LogP contribution in [0.5, 0.6) is 5.75 Å². The summed E-state index contributed by atoms with van der Waals surface area (Å²) in [5.41, 5.74) is 3.77. The van der Waals surface area contributed by atoms with E-state index in [-0.39, 0.29) is 6.10 Å². The summed E-state index contributed by atoms with van der Waals surface area (Å²) in [6, 6.07) is 14.0. The molecule has 0 radical (unpaired) electrons. The summed E-state index contributed by atoms with van der Waals surface area (Å²) in [7, 11) is -2.04. The number of nitrogens with zero attached hydrogens (tertiary/aromatic N) is 1. The van der Waals surface area contributed by atoms with E-state index in [1.54, 1.807) is 41.5 Å². The Kier molecular flexibility index (Phi) is 6.77. The number of carbonyl (C=O) groups is 1. The fourth-order valence-corrected chi connectivity index (χ4v) is 7.07. The monoisotopic (exact) mass is 444 g/mol. The number of amides is 1. The van der Waals surface area contributed by atoms with E-state index in [0.29, 0.717) is 24.0 Å². The first-order chi connectivity index (χ1) is 15.0. The van der Waals surface area contributed by atoms with Gasteiger partial charge in [-0.2, -0.15) is 0 Å². The van der Waals surface area contributed by atoms with Gasteiger partial charge in [0.25, 0.3) is 5.91 Å². The predicted molar refractivity (Wildman–Crippen MR) is 118 cm³/mol. The summed E-state index contributed by atoms with van der Waals surface area (Å²) >= 11 is 0. The largest absolute Gasteiger partial charge is 0.497 e. The van der Waals surface area contributed by atoms with Crippen LogP contribution in [-0.4, -0.2) is 35.0 Å². The van der Waals surface area contributed by atoms with Gasteiger partial charge in [0.1, 0.15) is 11.8 Å². The fraction of sp³-hybridized carbons (Fsp3) is 0.435. The molecule has 0 aromatic heterocycles. The molecule has 2 aromatic rings. The SMILES string of the molecule is COc1ccc(P(=O)(OC2CCCCC2)N2Cc3ccccc3C[C@@H]2C(=O)NO)cc1. The zero-order valence-electron chi connectivity index (χ0n) is 17.7. The van der Waals surface area contributed by atoms with E-state index >= 15 is 0 Å². The van der Waals surface area contributed by atoms with Crippen molar-refractivity contribution in [1.82, 2.24) is 10.2 Å². The Bertz CT molecular complexity index is 959. The van der Waals surface area contributed by atoms with Gasteiger partial charge in [0.05, 0.1) is 18.5 Å². The third kappa shape index (κ3) is 4.55. The van der Waals surface area contributed by atoms with Crippen LogP contribution in [0, 0.1) is 0 Å². The predicted octanol–water partition coefficient (Wildman–Crippen LogP) is 3.80. The number of nitrogens with one attached hydrogen (secondary N) is 1. The third-order valence-corrected chi connectivity index (χ3v) is 8.85. The Morgan fingerprint density at radius 1 is 1.06 bits per heavy atom. The van der Waals surface area contributed by atoms with Gasteiger partial charge in [-0.25, -0.2) is 10.2 Å². The molecule has 1 heterocycles. The molecule has 0 saturated heterocycles. The van der Waals surface area contributed by atoms with E-state index in [4.69, 9.17) is 9.26 Å². The maximum atomic E-state index is 14.7. The highest BCUT2D eigenvalue weighted by Crippen LogP contribution is 2.55. The molecule has 166 valence electrons. The molecule has 7 nitrogen and oxygen atoms in total. The normalized spacial score (nSPS) is 21.7. The van der Waals surface area contributed by atoms with E-state index in [0.717, 1.165) is 43.2 Å². The van der Waals surface area contributed by atoms with Crippen LogP contribution in [0.2, 0.25) is 0 Å². The van der Waals surface area contributed by atoms with Crippen molar-refractivity contribution in [3.05, 3.63) is 59.7 Å². The number of hydrogen-bond donors (Lipinski definition) is 2. The van der Waals surface area contributed by atoms with Crippen LogP contribution in [0.3, 0.4) is 0 Å². The number of carbonyl (C=O) groups excluding carboxylic acids is 1. The fourth-order valence-electron chi connectivity index (χ4n) is 4.50. The maximum absolute atomic E-state index is 14.7. The number of hydrogen-bond acceptors (Lipinski definition) is 5. The van der Waals surface area contributed by atoms with Crippen LogP contribution in [-0.2, 0) is 26.8 Å². The highest BCUT2D eigenvalue weighted by Gasteiger charge is 2.45. The lowest BCUT2D eigenvalue weighted by molar-refractivity contribution is -0.133. The zero-order valence-corrected chi connectivity index (χ0v) is 18.6. The Morgan fingerprint density at radius 3 is 2.39 bits per heavy atom. The van der Waals surface area contributed by atoms with Crippen molar-refractivity contribution in [2.75, 3.05) is 7.11 Å². The van der Waals surface area contributed by atoms with Crippen molar-refractivity contribution in [3.8, 4) is 5.75 Å². The van der Waals surface area contributed by atoms with Gasteiger partial charge in [0.15, 0.2) is 0 Å². The van der Waals surface area contributed by atoms with Crippen LogP contribution in [0.4, 0.5) is 0 Å². The van der Waals surface area contributed by atoms with Gasteiger partial charge in [-0.3, -0.25) is 14.6 Å². The maximum Gasteiger partial charge on any atom is 0.303 e. The quantitative estimate of drug-likeness (QED) is 0.400. The molecule has 1 aliphatic heterocycles. The summed E-state index contributed by atoms with van der Waals surface area (Å²) in [6.07, 6.45) is 5.14. The van der Waals surface area contributed by atoms with Gasteiger partial charge in [-0.05, 0) is 54.7 Å². The van der Waals surface area contributed by atoms with Gasteiger partial charge < -0.3 is 9.26 Å². The molecule has 0 bridgehead atoms. The lowest BCUT2D eigenvalue weighted by atomic mass is 9.95. The first-order valence-corrected chi connectivity index (χ1v) is 12.3. The van der Waals surface area contributed by atoms with Crippen molar-refractivity contribution in [1.29, 1.82) is 0 Å². The molecule has 2 aliphatic rings. The van der Waals surface area contributed by atoms with Gasteiger partial charge in [0.2, 0.25) is 0 Å². The molecule has 2 atom stereocenters. The number of hydroxylamine groups is 1. The zero-order chi connectivity index (χ0) is 21.8. The van der Waals surface area contributed by atoms with Crippen LogP contribution >= 0.6 is 7.52 Å². The lowest BCUT2D eigenvalue weighted by Gasteiger charge is -2.41. The number of rotatable bonds is 6. The highest BCUT2D eigenvalue weighted by atomic mass is 31.2. The van der Waals surface area contributed by atoms with Gasteiger partial charge in [-0.1, -0.05) is 43.5 Å². The first kappa shape index (κ1) is 22.0. The average molecular weight is 444 g/mol. The summed E-state index contributed by atoms with van der Waals surface area (Å²) in [5, 5.41) is 9.93. The molecule has 31 heavy (non-hydrogen) atoms. The summed E-state index contributed by atoms with van der Waals surface area (Å²) < 4.78 is 28.0. The van der Waals surface area contributed by atoms with E-state index in [1.807, 2.05) is 24.3 Å². The average Bonchev–Trinajstić information content (AvgIpc) is 2.83. The number of methoxy groups -OCH3 is 1. The Labute approximate surface area is 182 Å². The van der Waals surface area contributed by atoms with E-state index < -0.39 is 19.5 Å². The summed E-state index contributed by atoms with van der Waals surface area (Å²) in [5.74, 6) is 0.0668. The Morgan fingerprint density at radius 2 is 1.74 bits per heavy atom. The minimum absolute atomic E-state index is 0.128. The minimum atomic E-state index is -3.62. The molecular weight excluding hydrogens is 415 g/mol. The topological polar surface area (TPSA) is 88.1 Å². The number of benzene rings is 2. The molecule has 2 aromatic carbocycles. The number of ether oxygens (including phenoxy) is 1. The van der Waals surface area contributed by atoms with Gasteiger partial charge in [-0.15, -0.1) is 0 Å². The summed E-state index contributed by atoms with van der Waals surface area (Å²) in [4.78, 5) is 12.7. The second kappa shape index (κ2) is 9.53. The van der Waals surface area contributed by atoms with Crippen molar-refractivity contribution >= 4 is 18.7 Å². The molecule has 2 N–H and O–H groups in total. The third-order valence-electron chi connectivity index (χ3n) is 6.22. The van der Waals surface area contributed by atoms with Crippen molar-refractivity contribution in [3.63, 3.8) is 0 Å². The second-order valence-corrected chi connectivity index (χ2v) is 10.4. The first-order valence-electron chi connectivity index (χ1n) is 10.8. The van der Waals surface area contributed by atoms with Crippen LogP contribution in [0.25, 0.3) is 0 Å². The lowest BCUT2D eigenvalue weighted by Crippen LogP contribution is -2.49. The number of fused-ring (bicyclic) bond motifs is 1. The molecule has 8 heteroatoms. The van der Waals surface area contributed by atoms with E-state index in [2.05, 4.69) is 0 Å². The Hall–Kier alpha value is -2.18. The smallest absolute Gasteiger partial charge is 0.303 e. The summed E-state index contributed by atoms with van der Waals surface area (Å²) in [6.45, 7) is 0.296. The van der Waals surface area contributed by atoms with Gasteiger partial charge in [0, 0.05) is 6.54 Å². The van der Waals surface area contributed by atoms with Crippen LogP contribution < -0.4 is 15.5 Å². The molecule has 1 amide bonds. The van der Waals surface area contributed by atoms with E-state index in [9.17, 15) is 14.6 Å². The second-order valence-electron chi connectivity index (χ2n) is 8.15. The Balaban J connectivity index is 1.77. The van der Waals surface area contributed by atoms with Crippen molar-refractivity contribution in [2.45, 2.75) is 57.2 Å². The van der Waals surface area contributed by atoms with Crippen LogP contribution in [0.15, 0.2) is 48.5 Å². The van der Waals surface area contributed by atoms with Gasteiger partial charge >= 0.3 is 7.52 Å².